The third-order valence-corrected chi connectivity index (χ3v) is 5.48. The molecule has 0 saturated heterocycles. The van der Waals surface area contributed by atoms with E-state index in [-0.39, 0.29) is 29.3 Å². The minimum atomic E-state index is -4.65. The van der Waals surface area contributed by atoms with Crippen molar-refractivity contribution in [1.29, 1.82) is 0 Å². The predicted molar refractivity (Wildman–Crippen MR) is 98.2 cm³/mol. The molecule has 0 radical (unpaired) electrons. The van der Waals surface area contributed by atoms with Gasteiger partial charge in [0.15, 0.2) is 0 Å². The third-order valence-electron chi connectivity index (χ3n) is 3.89. The number of amides is 1. The highest BCUT2D eigenvalue weighted by molar-refractivity contribution is 7.89. The maximum Gasteiger partial charge on any atom is 0.433 e. The van der Waals surface area contributed by atoms with Crippen LogP contribution in [0, 0.1) is 0 Å². The van der Waals surface area contributed by atoms with Crippen molar-refractivity contribution in [3.8, 4) is 0 Å². The Balaban J connectivity index is 0.00000280. The van der Waals surface area contributed by atoms with Gasteiger partial charge >= 0.3 is 6.18 Å². The van der Waals surface area contributed by atoms with Crippen LogP contribution in [0.2, 0.25) is 0 Å². The number of fused-ring (bicyclic) bond motifs is 1. The van der Waals surface area contributed by atoms with E-state index in [1.165, 1.54) is 30.0 Å². The Kier molecular flexibility index (Phi) is 5.72. The summed E-state index contributed by atoms with van der Waals surface area (Å²) in [6, 6.07) is 1.44. The second-order valence-corrected chi connectivity index (χ2v) is 7.70. The van der Waals surface area contributed by atoms with E-state index in [0.29, 0.717) is 6.07 Å². The number of aryl methyl sites for hydroxylation is 1. The number of pyridine rings is 1. The lowest BCUT2D eigenvalue weighted by molar-refractivity contribution is -0.141. The third kappa shape index (κ3) is 4.09. The van der Waals surface area contributed by atoms with Crippen LogP contribution in [0.1, 0.15) is 36.1 Å². The van der Waals surface area contributed by atoms with Gasteiger partial charge in [0.1, 0.15) is 16.3 Å². The lowest BCUT2D eigenvalue weighted by Crippen LogP contribution is -2.30. The molecule has 0 saturated carbocycles. The van der Waals surface area contributed by atoms with Crippen LogP contribution in [-0.2, 0) is 23.2 Å². The number of sulfonamides is 1. The largest absolute Gasteiger partial charge is 0.433 e. The van der Waals surface area contributed by atoms with E-state index in [1.807, 2.05) is 0 Å². The summed E-state index contributed by atoms with van der Waals surface area (Å²) in [7, 11) is -2.36. The lowest BCUT2D eigenvalue weighted by atomic mass is 10.2. The molecule has 2 aromatic heterocycles. The number of hydrogen-bond acceptors (Lipinski definition) is 4. The van der Waals surface area contributed by atoms with Gasteiger partial charge in [0, 0.05) is 36.7 Å². The number of nitrogens with one attached hydrogen (secondary N) is 2. The van der Waals surface area contributed by atoms with Crippen molar-refractivity contribution in [3.05, 3.63) is 47.6 Å². The monoisotopic (exact) mass is 416 g/mol. The molecule has 1 aliphatic rings. The number of halogens is 3. The molecule has 0 spiro atoms. The van der Waals surface area contributed by atoms with Gasteiger partial charge in [0.05, 0.1) is 0 Å². The number of carbonyl (C=O) groups excluding carboxylic acids is 1. The first kappa shape index (κ1) is 21.6. The maximum atomic E-state index is 12.8. The minimum Gasteiger partial charge on any atom is -0.345 e. The van der Waals surface area contributed by atoms with Crippen molar-refractivity contribution < 1.29 is 26.4 Å². The first-order chi connectivity index (χ1) is 12.5. The highest BCUT2D eigenvalue weighted by atomic mass is 32.2. The van der Waals surface area contributed by atoms with E-state index in [4.69, 9.17) is 0 Å². The van der Waals surface area contributed by atoms with Gasteiger partial charge in [-0.3, -0.25) is 9.78 Å². The fourth-order valence-electron chi connectivity index (χ4n) is 2.72. The van der Waals surface area contributed by atoms with Crippen molar-refractivity contribution in [2.45, 2.75) is 31.5 Å². The van der Waals surface area contributed by atoms with Crippen LogP contribution >= 0.6 is 0 Å². The molecule has 0 fully saturated rings. The van der Waals surface area contributed by atoms with Gasteiger partial charge in [0.2, 0.25) is 10.0 Å². The number of aromatic nitrogens is 2. The van der Waals surface area contributed by atoms with Crippen molar-refractivity contribution >= 4 is 27.7 Å². The van der Waals surface area contributed by atoms with E-state index in [2.05, 4.69) is 15.0 Å². The van der Waals surface area contributed by atoms with Crippen molar-refractivity contribution in [1.82, 2.24) is 14.3 Å². The minimum absolute atomic E-state index is 0. The van der Waals surface area contributed by atoms with Crippen LogP contribution in [0.25, 0.3) is 6.08 Å². The second-order valence-electron chi connectivity index (χ2n) is 6.02. The van der Waals surface area contributed by atoms with Gasteiger partial charge in [-0.25, -0.2) is 13.1 Å². The molecular formula is C17H19F3N4O3S. The molecule has 3 heterocycles. The van der Waals surface area contributed by atoms with Crippen LogP contribution in [0.4, 0.5) is 18.9 Å². The highest BCUT2D eigenvalue weighted by Crippen LogP contribution is 2.30. The Bertz CT molecular complexity index is 1040. The summed E-state index contributed by atoms with van der Waals surface area (Å²) < 4.78 is 66.8. The maximum absolute atomic E-state index is 12.8. The van der Waals surface area contributed by atoms with E-state index in [1.54, 1.807) is 13.0 Å². The molecule has 0 aromatic carbocycles. The van der Waals surface area contributed by atoms with Gasteiger partial charge in [-0.2, -0.15) is 13.2 Å². The summed E-state index contributed by atoms with van der Waals surface area (Å²) in [5.74, 6) is -0.743. The molecule has 1 amide bonds. The second kappa shape index (κ2) is 7.40. The van der Waals surface area contributed by atoms with E-state index >= 15 is 0 Å². The number of carbonyl (C=O) groups is 1. The van der Waals surface area contributed by atoms with Crippen LogP contribution in [-0.4, -0.2) is 29.9 Å². The molecular weight excluding hydrogens is 397 g/mol. The Morgan fingerprint density at radius 3 is 2.68 bits per heavy atom. The Labute approximate surface area is 160 Å². The van der Waals surface area contributed by atoms with E-state index in [0.717, 1.165) is 6.20 Å². The van der Waals surface area contributed by atoms with Gasteiger partial charge in [-0.05, 0) is 19.1 Å². The van der Waals surface area contributed by atoms with Crippen molar-refractivity contribution in [3.63, 3.8) is 0 Å². The Morgan fingerprint density at radius 1 is 1.36 bits per heavy atom. The molecule has 1 atom stereocenters. The molecule has 1 aliphatic heterocycles. The van der Waals surface area contributed by atoms with Crippen LogP contribution in [0.15, 0.2) is 35.5 Å². The zero-order valence-corrected chi connectivity index (χ0v) is 15.0. The molecule has 7 nitrogen and oxygen atoms in total. The average molecular weight is 416 g/mol. The lowest BCUT2D eigenvalue weighted by Gasteiger charge is -2.10. The normalized spacial score (nSPS) is 18.0. The fraction of sp³-hybridized carbons (Fsp3) is 0.294. The average Bonchev–Trinajstić information content (AvgIpc) is 2.84. The summed E-state index contributed by atoms with van der Waals surface area (Å²) in [5, 5.41) is 2.36. The molecule has 0 unspecified atom stereocenters. The first-order valence-electron chi connectivity index (χ1n) is 7.73. The molecule has 0 aliphatic carbocycles. The van der Waals surface area contributed by atoms with Crippen LogP contribution in [0.5, 0.6) is 0 Å². The van der Waals surface area contributed by atoms with Gasteiger partial charge < -0.3 is 9.88 Å². The Morgan fingerprint density at radius 2 is 2.04 bits per heavy atom. The van der Waals surface area contributed by atoms with Crippen LogP contribution in [0.3, 0.4) is 0 Å². The Hall–Kier alpha value is -2.66. The fourth-order valence-corrected chi connectivity index (χ4v) is 4.16. The smallest absolute Gasteiger partial charge is 0.345 e. The summed E-state index contributed by atoms with van der Waals surface area (Å²) in [4.78, 5) is 15.8. The van der Waals surface area contributed by atoms with Gasteiger partial charge in [-0.1, -0.05) is 19.6 Å². The quantitative estimate of drug-likeness (QED) is 0.787. The number of hydrogen-bond donors (Lipinski definition) is 2. The van der Waals surface area contributed by atoms with Crippen molar-refractivity contribution in [2.24, 2.45) is 7.05 Å². The first-order valence-corrected chi connectivity index (χ1v) is 9.22. The summed E-state index contributed by atoms with van der Waals surface area (Å²) in [6.07, 6.45) is 0.637. The molecule has 0 bridgehead atoms. The SMILES string of the molecule is C.C[C@H]1C=Cc2c(cn(C)c2C(=O)Nc2ccnc(C(F)(F)F)c2)S(=O)(=O)N1. The van der Waals surface area contributed by atoms with Crippen molar-refractivity contribution in [2.75, 3.05) is 5.32 Å². The predicted octanol–water partition coefficient (Wildman–Crippen LogP) is 3.02. The standard InChI is InChI=1S/C16H15F3N4O3S.CH4/c1-9-3-4-11-12(27(25,26)22-9)8-23(2)14(11)15(24)21-10-5-6-20-13(7-10)16(17,18)19;/h3-9,22H,1-2H3,(H,20,21,24);1H4/t9-;/m0./s1. The molecule has 2 N–H and O–H groups in total. The molecule has 152 valence electrons. The topological polar surface area (TPSA) is 93.1 Å². The number of alkyl halides is 3. The molecule has 28 heavy (non-hydrogen) atoms. The van der Waals surface area contributed by atoms with E-state index in [9.17, 15) is 26.4 Å². The molecule has 2 aromatic rings. The summed E-state index contributed by atoms with van der Waals surface area (Å²) in [5.41, 5.74) is -1.08. The summed E-state index contributed by atoms with van der Waals surface area (Å²) >= 11 is 0. The van der Waals surface area contributed by atoms with Gasteiger partial charge in [0.25, 0.3) is 5.91 Å². The summed E-state index contributed by atoms with van der Waals surface area (Å²) in [6.45, 7) is 1.63. The molecule has 11 heteroatoms. The zero-order chi connectivity index (χ0) is 20.0. The number of anilines is 1. The highest BCUT2D eigenvalue weighted by Gasteiger charge is 2.33. The number of nitrogens with zero attached hydrogens (tertiary/aromatic N) is 2. The molecule has 3 rings (SSSR count). The van der Waals surface area contributed by atoms with Gasteiger partial charge in [-0.15, -0.1) is 0 Å². The zero-order valence-electron chi connectivity index (χ0n) is 14.2. The van der Waals surface area contributed by atoms with Crippen LogP contribution < -0.4 is 10.0 Å². The van der Waals surface area contributed by atoms with E-state index < -0.39 is 33.8 Å². The number of rotatable bonds is 2.